The molecule has 1 aromatic rings. The van der Waals surface area contributed by atoms with Crippen LogP contribution in [0, 0.1) is 5.92 Å². The molecule has 1 aliphatic rings. The molecule has 3 nitrogen and oxygen atoms in total. The molecule has 0 saturated carbocycles. The zero-order valence-electron chi connectivity index (χ0n) is 10.6. The van der Waals surface area contributed by atoms with E-state index < -0.39 is 0 Å². The molecule has 98 valence electrons. The Morgan fingerprint density at radius 2 is 2.17 bits per heavy atom. The van der Waals surface area contributed by atoms with Gasteiger partial charge in [0.1, 0.15) is 0 Å². The largest absolute Gasteiger partial charge is 0.466 e. The normalized spacial score (nSPS) is 19.7. The quantitative estimate of drug-likeness (QED) is 0.788. The molecule has 4 heteroatoms. The van der Waals surface area contributed by atoms with Gasteiger partial charge in [-0.25, -0.2) is 0 Å². The summed E-state index contributed by atoms with van der Waals surface area (Å²) in [5.41, 5.74) is 1.12. The molecule has 0 amide bonds. The Kier molecular flexibility index (Phi) is 4.48. The number of benzene rings is 1. The van der Waals surface area contributed by atoms with E-state index in [1.165, 1.54) is 0 Å². The van der Waals surface area contributed by atoms with Crippen LogP contribution in [0.5, 0.6) is 0 Å². The molecule has 1 fully saturated rings. The minimum absolute atomic E-state index is 0.00521. The molecule has 0 N–H and O–H groups in total. The highest BCUT2D eigenvalue weighted by atomic mass is 35.5. The summed E-state index contributed by atoms with van der Waals surface area (Å²) in [5.74, 6) is -0.0782. The molecule has 0 aliphatic carbocycles. The van der Waals surface area contributed by atoms with Gasteiger partial charge < -0.3 is 9.64 Å². The number of nitrogens with zero attached hydrogens (tertiary/aromatic N) is 1. The molecule has 0 aromatic heterocycles. The van der Waals surface area contributed by atoms with E-state index in [0.717, 1.165) is 36.6 Å². The van der Waals surface area contributed by atoms with E-state index in [1.54, 1.807) is 0 Å². The summed E-state index contributed by atoms with van der Waals surface area (Å²) >= 11 is 5.88. The Balaban J connectivity index is 2.02. The number of anilines is 1. The first-order chi connectivity index (χ1) is 8.70. The summed E-state index contributed by atoms with van der Waals surface area (Å²) in [7, 11) is 0. The number of carbonyl (C=O) groups excluding carboxylic acids is 1. The predicted octanol–water partition coefficient (Wildman–Crippen LogP) is 3.12. The Morgan fingerprint density at radius 3 is 2.83 bits per heavy atom. The Labute approximate surface area is 113 Å². The number of halogens is 1. The average molecular weight is 268 g/mol. The number of carbonyl (C=O) groups is 1. The molecule has 1 atom stereocenters. The van der Waals surface area contributed by atoms with Crippen molar-refractivity contribution < 1.29 is 9.53 Å². The summed E-state index contributed by atoms with van der Waals surface area (Å²) in [4.78, 5) is 14.0. The lowest BCUT2D eigenvalue weighted by Gasteiger charge is -2.33. The Bertz CT molecular complexity index is 405. The van der Waals surface area contributed by atoms with Crippen molar-refractivity contribution in [2.24, 2.45) is 5.92 Å². The summed E-state index contributed by atoms with van der Waals surface area (Å²) in [5, 5.41) is 0.734. The zero-order valence-corrected chi connectivity index (χ0v) is 11.3. The molecule has 1 heterocycles. The number of piperidine rings is 1. The fourth-order valence-electron chi connectivity index (χ4n) is 2.32. The van der Waals surface area contributed by atoms with E-state index in [2.05, 4.69) is 4.90 Å². The highest BCUT2D eigenvalue weighted by Gasteiger charge is 2.26. The second-order valence-corrected chi connectivity index (χ2v) is 4.95. The lowest BCUT2D eigenvalue weighted by Crippen LogP contribution is -2.39. The van der Waals surface area contributed by atoms with E-state index >= 15 is 0 Å². The third-order valence-electron chi connectivity index (χ3n) is 3.23. The molecule has 1 saturated heterocycles. The van der Waals surface area contributed by atoms with Crippen molar-refractivity contribution in [3.05, 3.63) is 29.3 Å². The second kappa shape index (κ2) is 6.10. The Morgan fingerprint density at radius 1 is 1.44 bits per heavy atom. The van der Waals surface area contributed by atoms with Gasteiger partial charge in [0.2, 0.25) is 0 Å². The topological polar surface area (TPSA) is 29.5 Å². The maximum Gasteiger partial charge on any atom is 0.310 e. The van der Waals surface area contributed by atoms with Crippen molar-refractivity contribution in [1.82, 2.24) is 0 Å². The molecule has 1 aromatic carbocycles. The first kappa shape index (κ1) is 13.2. The van der Waals surface area contributed by atoms with Crippen molar-refractivity contribution in [3.63, 3.8) is 0 Å². The third-order valence-corrected chi connectivity index (χ3v) is 3.49. The van der Waals surface area contributed by atoms with Gasteiger partial charge in [0, 0.05) is 23.8 Å². The summed E-state index contributed by atoms with van der Waals surface area (Å²) in [6.45, 7) is 4.02. The van der Waals surface area contributed by atoms with Gasteiger partial charge in [-0.2, -0.15) is 0 Å². The van der Waals surface area contributed by atoms with Crippen molar-refractivity contribution in [2.75, 3.05) is 24.6 Å². The smallest absolute Gasteiger partial charge is 0.310 e. The average Bonchev–Trinajstić information content (AvgIpc) is 2.40. The van der Waals surface area contributed by atoms with Gasteiger partial charge in [-0.05, 0) is 44.0 Å². The fourth-order valence-corrected chi connectivity index (χ4v) is 2.44. The minimum Gasteiger partial charge on any atom is -0.466 e. The van der Waals surface area contributed by atoms with Crippen LogP contribution in [0.4, 0.5) is 5.69 Å². The van der Waals surface area contributed by atoms with Gasteiger partial charge in [-0.1, -0.05) is 11.6 Å². The molecule has 2 rings (SSSR count). The van der Waals surface area contributed by atoms with Crippen LogP contribution in [-0.4, -0.2) is 25.7 Å². The van der Waals surface area contributed by atoms with E-state index in [0.29, 0.717) is 6.61 Å². The zero-order chi connectivity index (χ0) is 13.0. The lowest BCUT2D eigenvalue weighted by molar-refractivity contribution is -0.148. The highest BCUT2D eigenvalue weighted by Crippen LogP contribution is 2.25. The van der Waals surface area contributed by atoms with Gasteiger partial charge in [0.15, 0.2) is 0 Å². The van der Waals surface area contributed by atoms with E-state index in [1.807, 2.05) is 31.2 Å². The van der Waals surface area contributed by atoms with Crippen LogP contribution in [0.25, 0.3) is 0 Å². The molecule has 1 unspecified atom stereocenters. The first-order valence-corrected chi connectivity index (χ1v) is 6.75. The minimum atomic E-state index is -0.0730. The first-order valence-electron chi connectivity index (χ1n) is 6.38. The molecule has 0 spiro atoms. The van der Waals surface area contributed by atoms with Crippen molar-refractivity contribution in [2.45, 2.75) is 19.8 Å². The monoisotopic (exact) mass is 267 g/mol. The highest BCUT2D eigenvalue weighted by molar-refractivity contribution is 6.30. The molecular weight excluding hydrogens is 250 g/mol. The molecule has 0 bridgehead atoms. The molecule has 1 aliphatic heterocycles. The third kappa shape index (κ3) is 3.16. The van der Waals surface area contributed by atoms with Crippen molar-refractivity contribution >= 4 is 23.3 Å². The van der Waals surface area contributed by atoms with Crippen LogP contribution >= 0.6 is 11.6 Å². The maximum absolute atomic E-state index is 11.8. The van der Waals surface area contributed by atoms with Gasteiger partial charge in [-0.3, -0.25) is 4.79 Å². The van der Waals surface area contributed by atoms with E-state index in [9.17, 15) is 4.79 Å². The molecule has 0 radical (unpaired) electrons. The number of ether oxygens (including phenoxy) is 1. The van der Waals surface area contributed by atoms with Gasteiger partial charge >= 0.3 is 5.97 Å². The van der Waals surface area contributed by atoms with Gasteiger partial charge in [-0.15, -0.1) is 0 Å². The molecule has 18 heavy (non-hydrogen) atoms. The van der Waals surface area contributed by atoms with Crippen LogP contribution in [0.2, 0.25) is 5.02 Å². The number of hydrogen-bond acceptors (Lipinski definition) is 3. The van der Waals surface area contributed by atoms with Crippen LogP contribution < -0.4 is 4.90 Å². The van der Waals surface area contributed by atoms with Gasteiger partial charge in [0.25, 0.3) is 0 Å². The van der Waals surface area contributed by atoms with Crippen LogP contribution in [0.3, 0.4) is 0 Å². The van der Waals surface area contributed by atoms with Crippen molar-refractivity contribution in [3.8, 4) is 0 Å². The van der Waals surface area contributed by atoms with Gasteiger partial charge in [0.05, 0.1) is 12.5 Å². The number of rotatable bonds is 3. The number of hydrogen-bond donors (Lipinski definition) is 0. The molecular formula is C14H18ClNO2. The van der Waals surface area contributed by atoms with Crippen LogP contribution in [0.1, 0.15) is 19.8 Å². The maximum atomic E-state index is 11.8. The SMILES string of the molecule is CCOC(=O)C1CCCN(c2ccc(Cl)cc2)C1. The van der Waals surface area contributed by atoms with E-state index in [-0.39, 0.29) is 11.9 Å². The standard InChI is InChI=1S/C14H18ClNO2/c1-2-18-14(17)11-4-3-9-16(10-11)13-7-5-12(15)6-8-13/h5-8,11H,2-4,9-10H2,1H3. The lowest BCUT2D eigenvalue weighted by atomic mass is 9.97. The van der Waals surface area contributed by atoms with Crippen molar-refractivity contribution in [1.29, 1.82) is 0 Å². The van der Waals surface area contributed by atoms with Crippen LogP contribution in [-0.2, 0) is 9.53 Å². The van der Waals surface area contributed by atoms with E-state index in [4.69, 9.17) is 16.3 Å². The number of esters is 1. The Hall–Kier alpha value is -1.22. The second-order valence-electron chi connectivity index (χ2n) is 4.51. The summed E-state index contributed by atoms with van der Waals surface area (Å²) in [6, 6.07) is 7.75. The summed E-state index contributed by atoms with van der Waals surface area (Å²) < 4.78 is 5.10. The fraction of sp³-hybridized carbons (Fsp3) is 0.500. The van der Waals surface area contributed by atoms with Crippen LogP contribution in [0.15, 0.2) is 24.3 Å². The predicted molar refractivity (Wildman–Crippen MR) is 73.0 cm³/mol. The summed E-state index contributed by atoms with van der Waals surface area (Å²) in [6.07, 6.45) is 1.94.